The Morgan fingerprint density at radius 2 is 2.13 bits per heavy atom. The Hall–Kier alpha value is -1.55. The van der Waals surface area contributed by atoms with Crippen LogP contribution in [0.2, 0.25) is 0 Å². The standard InChI is InChI=1S/C11H15NO3/c1-2-14-9-4-3-5-10(8-9)15-11(13)6-7-12/h3-5,8H,2,6-7,12H2,1H3. The van der Waals surface area contributed by atoms with Crippen molar-refractivity contribution in [1.82, 2.24) is 0 Å². The molecule has 0 radical (unpaired) electrons. The van der Waals surface area contributed by atoms with Crippen LogP contribution >= 0.6 is 0 Å². The van der Waals surface area contributed by atoms with Crippen LogP contribution in [0.5, 0.6) is 11.5 Å². The number of hydrogen-bond acceptors (Lipinski definition) is 4. The molecule has 0 aliphatic rings. The number of carbonyl (C=O) groups excluding carboxylic acids is 1. The first-order valence-electron chi connectivity index (χ1n) is 4.90. The second kappa shape index (κ2) is 6.03. The minimum absolute atomic E-state index is 0.221. The molecule has 0 unspecified atom stereocenters. The maximum Gasteiger partial charge on any atom is 0.312 e. The summed E-state index contributed by atoms with van der Waals surface area (Å²) in [6.07, 6.45) is 0.221. The van der Waals surface area contributed by atoms with E-state index in [0.717, 1.165) is 0 Å². The fourth-order valence-corrected chi connectivity index (χ4v) is 1.09. The van der Waals surface area contributed by atoms with Crippen molar-refractivity contribution in [2.75, 3.05) is 13.2 Å². The van der Waals surface area contributed by atoms with Gasteiger partial charge in [-0.25, -0.2) is 0 Å². The third-order valence-electron chi connectivity index (χ3n) is 1.70. The molecule has 0 aliphatic heterocycles. The molecule has 4 heteroatoms. The van der Waals surface area contributed by atoms with Crippen molar-refractivity contribution in [3.8, 4) is 11.5 Å². The van der Waals surface area contributed by atoms with E-state index < -0.39 is 0 Å². The predicted octanol–water partition coefficient (Wildman–Crippen LogP) is 1.34. The van der Waals surface area contributed by atoms with Gasteiger partial charge in [-0.1, -0.05) is 6.07 Å². The molecule has 0 amide bonds. The third-order valence-corrected chi connectivity index (χ3v) is 1.70. The molecule has 1 aromatic carbocycles. The summed E-state index contributed by atoms with van der Waals surface area (Å²) in [6, 6.07) is 6.97. The van der Waals surface area contributed by atoms with Crippen LogP contribution in [-0.2, 0) is 4.79 Å². The van der Waals surface area contributed by atoms with Gasteiger partial charge in [0, 0.05) is 12.6 Å². The normalized spacial score (nSPS) is 9.73. The number of hydrogen-bond donors (Lipinski definition) is 1. The molecule has 0 spiro atoms. The van der Waals surface area contributed by atoms with Crippen LogP contribution in [0, 0.1) is 0 Å². The fraction of sp³-hybridized carbons (Fsp3) is 0.364. The zero-order valence-electron chi connectivity index (χ0n) is 8.73. The number of nitrogens with two attached hydrogens (primary N) is 1. The third kappa shape index (κ3) is 3.99. The Morgan fingerprint density at radius 3 is 2.80 bits per heavy atom. The van der Waals surface area contributed by atoms with Crippen LogP contribution in [0.25, 0.3) is 0 Å². The second-order valence-electron chi connectivity index (χ2n) is 2.92. The lowest BCUT2D eigenvalue weighted by atomic mass is 10.3. The highest BCUT2D eigenvalue weighted by atomic mass is 16.5. The summed E-state index contributed by atoms with van der Waals surface area (Å²) in [5.41, 5.74) is 5.24. The smallest absolute Gasteiger partial charge is 0.312 e. The lowest BCUT2D eigenvalue weighted by Crippen LogP contribution is -2.13. The average molecular weight is 209 g/mol. The quantitative estimate of drug-likeness (QED) is 0.587. The summed E-state index contributed by atoms with van der Waals surface area (Å²) in [4.78, 5) is 11.1. The summed E-state index contributed by atoms with van der Waals surface area (Å²) >= 11 is 0. The van der Waals surface area contributed by atoms with Crippen LogP contribution < -0.4 is 15.2 Å². The highest BCUT2D eigenvalue weighted by Crippen LogP contribution is 2.19. The number of rotatable bonds is 5. The van der Waals surface area contributed by atoms with Gasteiger partial charge in [0.15, 0.2) is 0 Å². The van der Waals surface area contributed by atoms with E-state index in [1.165, 1.54) is 0 Å². The van der Waals surface area contributed by atoms with Crippen LogP contribution in [0.4, 0.5) is 0 Å². The molecule has 15 heavy (non-hydrogen) atoms. The van der Waals surface area contributed by atoms with Crippen molar-refractivity contribution in [2.45, 2.75) is 13.3 Å². The van der Waals surface area contributed by atoms with Gasteiger partial charge in [0.2, 0.25) is 0 Å². The van der Waals surface area contributed by atoms with Gasteiger partial charge < -0.3 is 15.2 Å². The van der Waals surface area contributed by atoms with E-state index >= 15 is 0 Å². The fourth-order valence-electron chi connectivity index (χ4n) is 1.09. The summed E-state index contributed by atoms with van der Waals surface area (Å²) in [5.74, 6) is 0.848. The number of benzene rings is 1. The Balaban J connectivity index is 2.60. The highest BCUT2D eigenvalue weighted by molar-refractivity contribution is 5.72. The van der Waals surface area contributed by atoms with Gasteiger partial charge in [0.05, 0.1) is 13.0 Å². The van der Waals surface area contributed by atoms with Crippen molar-refractivity contribution >= 4 is 5.97 Å². The first-order valence-corrected chi connectivity index (χ1v) is 4.90. The molecule has 1 rings (SSSR count). The molecule has 0 fully saturated rings. The lowest BCUT2D eigenvalue weighted by molar-refractivity contribution is -0.134. The maximum atomic E-state index is 11.1. The summed E-state index contributed by atoms with van der Waals surface area (Å²) in [5, 5.41) is 0. The van der Waals surface area contributed by atoms with Gasteiger partial charge in [-0.2, -0.15) is 0 Å². The van der Waals surface area contributed by atoms with E-state index in [4.69, 9.17) is 15.2 Å². The molecule has 0 saturated heterocycles. The van der Waals surface area contributed by atoms with Gasteiger partial charge in [-0.05, 0) is 19.1 Å². The number of carbonyl (C=O) groups is 1. The highest BCUT2D eigenvalue weighted by Gasteiger charge is 2.03. The van der Waals surface area contributed by atoms with Crippen LogP contribution in [-0.4, -0.2) is 19.1 Å². The first kappa shape index (κ1) is 11.5. The molecular formula is C11H15NO3. The second-order valence-corrected chi connectivity index (χ2v) is 2.92. The van der Waals surface area contributed by atoms with Gasteiger partial charge >= 0.3 is 5.97 Å². The monoisotopic (exact) mass is 209 g/mol. The van der Waals surface area contributed by atoms with E-state index in [9.17, 15) is 4.79 Å². The zero-order chi connectivity index (χ0) is 11.1. The molecule has 0 heterocycles. The molecular weight excluding hydrogens is 194 g/mol. The van der Waals surface area contributed by atoms with Crippen molar-refractivity contribution < 1.29 is 14.3 Å². The van der Waals surface area contributed by atoms with Gasteiger partial charge in [-0.15, -0.1) is 0 Å². The van der Waals surface area contributed by atoms with Crippen molar-refractivity contribution in [2.24, 2.45) is 5.73 Å². The molecule has 0 atom stereocenters. The van der Waals surface area contributed by atoms with E-state index in [1.54, 1.807) is 18.2 Å². The summed E-state index contributed by atoms with van der Waals surface area (Å²) in [6.45, 7) is 2.78. The van der Waals surface area contributed by atoms with Gasteiger partial charge in [0.1, 0.15) is 11.5 Å². The van der Waals surface area contributed by atoms with Crippen LogP contribution in [0.3, 0.4) is 0 Å². The first-order chi connectivity index (χ1) is 7.26. The molecule has 4 nitrogen and oxygen atoms in total. The van der Waals surface area contributed by atoms with E-state index in [-0.39, 0.29) is 12.4 Å². The molecule has 0 aliphatic carbocycles. The maximum absolute atomic E-state index is 11.1. The molecule has 1 aromatic rings. The molecule has 0 bridgehead atoms. The van der Waals surface area contributed by atoms with Crippen molar-refractivity contribution in [3.05, 3.63) is 24.3 Å². The minimum atomic E-state index is -0.328. The largest absolute Gasteiger partial charge is 0.494 e. The Kier molecular flexibility index (Phi) is 4.63. The molecule has 0 saturated carbocycles. The van der Waals surface area contributed by atoms with Crippen molar-refractivity contribution in [1.29, 1.82) is 0 Å². The molecule has 2 N–H and O–H groups in total. The SMILES string of the molecule is CCOc1cccc(OC(=O)CCN)c1. The predicted molar refractivity (Wildman–Crippen MR) is 56.9 cm³/mol. The minimum Gasteiger partial charge on any atom is -0.494 e. The molecule has 82 valence electrons. The van der Waals surface area contributed by atoms with Gasteiger partial charge in [0.25, 0.3) is 0 Å². The average Bonchev–Trinajstić information content (AvgIpc) is 2.19. The van der Waals surface area contributed by atoms with Gasteiger partial charge in [-0.3, -0.25) is 4.79 Å². The summed E-state index contributed by atoms with van der Waals surface area (Å²) < 4.78 is 10.3. The van der Waals surface area contributed by atoms with Crippen molar-refractivity contribution in [3.63, 3.8) is 0 Å². The number of ether oxygens (including phenoxy) is 2. The Morgan fingerprint density at radius 1 is 1.40 bits per heavy atom. The van der Waals surface area contributed by atoms with E-state index in [2.05, 4.69) is 0 Å². The lowest BCUT2D eigenvalue weighted by Gasteiger charge is -2.06. The van der Waals surface area contributed by atoms with Crippen LogP contribution in [0.15, 0.2) is 24.3 Å². The van der Waals surface area contributed by atoms with E-state index in [0.29, 0.717) is 24.7 Å². The number of esters is 1. The topological polar surface area (TPSA) is 61.5 Å². The summed E-state index contributed by atoms with van der Waals surface area (Å²) in [7, 11) is 0. The Labute approximate surface area is 89.0 Å². The molecule has 0 aromatic heterocycles. The van der Waals surface area contributed by atoms with E-state index in [1.807, 2.05) is 13.0 Å². The van der Waals surface area contributed by atoms with Crippen LogP contribution in [0.1, 0.15) is 13.3 Å². The Bertz CT molecular complexity index is 325. The zero-order valence-corrected chi connectivity index (χ0v) is 8.73.